The number of carboxylic acids is 1. The first-order chi connectivity index (χ1) is 6.11. The van der Waals surface area contributed by atoms with Crippen LogP contribution in [0, 0.1) is 0 Å². The molecule has 1 N–H and O–H groups in total. The van der Waals surface area contributed by atoms with Crippen molar-refractivity contribution >= 4 is 37.8 Å². The molecule has 0 radical (unpaired) electrons. The Hall–Kier alpha value is -0.350. The Morgan fingerprint density at radius 1 is 1.38 bits per heavy atom. The summed E-state index contributed by atoms with van der Waals surface area (Å²) in [6.45, 7) is 0. The Labute approximate surface area is 93.2 Å². The molecule has 4 heteroatoms. The van der Waals surface area contributed by atoms with Gasteiger partial charge in [0.05, 0.1) is 0 Å². The molecule has 1 rings (SSSR count). The Bertz CT molecular complexity index is 323. The minimum absolute atomic E-state index is 0.162. The molecule has 0 aliphatic rings. The van der Waals surface area contributed by atoms with Gasteiger partial charge in [0.2, 0.25) is 0 Å². The first-order valence-electron chi connectivity index (χ1n) is 3.76. The van der Waals surface area contributed by atoms with Crippen LogP contribution in [-0.4, -0.2) is 11.1 Å². The van der Waals surface area contributed by atoms with E-state index in [2.05, 4.69) is 31.9 Å². The molecular weight excluding hydrogens is 300 g/mol. The number of aliphatic carboxylic acids is 1. The van der Waals surface area contributed by atoms with E-state index in [1.54, 1.807) is 0 Å². The zero-order valence-corrected chi connectivity index (χ0v) is 9.93. The first kappa shape index (κ1) is 10.7. The average Bonchev–Trinajstić information content (AvgIpc) is 2.07. The van der Waals surface area contributed by atoms with Crippen molar-refractivity contribution < 1.29 is 9.90 Å². The van der Waals surface area contributed by atoms with E-state index in [4.69, 9.17) is 5.11 Å². The zero-order valence-electron chi connectivity index (χ0n) is 6.76. The van der Waals surface area contributed by atoms with Crippen LogP contribution in [0.5, 0.6) is 0 Å². The van der Waals surface area contributed by atoms with E-state index in [9.17, 15) is 4.79 Å². The van der Waals surface area contributed by atoms with E-state index in [-0.39, 0.29) is 6.42 Å². The van der Waals surface area contributed by atoms with E-state index in [1.807, 2.05) is 18.2 Å². The van der Waals surface area contributed by atoms with Crippen LogP contribution in [-0.2, 0) is 11.2 Å². The van der Waals surface area contributed by atoms with Gasteiger partial charge in [0.1, 0.15) is 0 Å². The van der Waals surface area contributed by atoms with E-state index >= 15 is 0 Å². The van der Waals surface area contributed by atoms with Crippen LogP contribution in [0.15, 0.2) is 27.1 Å². The normalized spacial score (nSPS) is 10.0. The van der Waals surface area contributed by atoms with Crippen LogP contribution < -0.4 is 0 Å². The van der Waals surface area contributed by atoms with E-state index in [0.717, 1.165) is 14.5 Å². The van der Waals surface area contributed by atoms with Crippen LogP contribution in [0.25, 0.3) is 0 Å². The Morgan fingerprint density at radius 2 is 2.08 bits per heavy atom. The van der Waals surface area contributed by atoms with Crippen molar-refractivity contribution in [3.63, 3.8) is 0 Å². The fourth-order valence-electron chi connectivity index (χ4n) is 0.983. The van der Waals surface area contributed by atoms with Gasteiger partial charge in [-0.05, 0) is 49.9 Å². The number of carboxylic acid groups (broad SMARTS) is 1. The SMILES string of the molecule is O=C(O)CCc1cccc(Br)c1Br. The van der Waals surface area contributed by atoms with Crippen LogP contribution >= 0.6 is 31.9 Å². The minimum atomic E-state index is -0.771. The smallest absolute Gasteiger partial charge is 0.303 e. The summed E-state index contributed by atoms with van der Waals surface area (Å²) in [5.74, 6) is -0.771. The molecule has 0 aliphatic heterocycles. The van der Waals surface area contributed by atoms with Crippen molar-refractivity contribution in [1.82, 2.24) is 0 Å². The third-order valence-electron chi connectivity index (χ3n) is 1.64. The van der Waals surface area contributed by atoms with Gasteiger partial charge in [0.25, 0.3) is 0 Å². The van der Waals surface area contributed by atoms with Gasteiger partial charge in [0, 0.05) is 15.4 Å². The maximum Gasteiger partial charge on any atom is 0.303 e. The fraction of sp³-hybridized carbons (Fsp3) is 0.222. The molecule has 0 bridgehead atoms. The van der Waals surface area contributed by atoms with Crippen molar-refractivity contribution in [3.8, 4) is 0 Å². The van der Waals surface area contributed by atoms with E-state index in [1.165, 1.54) is 0 Å². The van der Waals surface area contributed by atoms with Gasteiger partial charge < -0.3 is 5.11 Å². The Balaban J connectivity index is 2.77. The maximum absolute atomic E-state index is 10.3. The topological polar surface area (TPSA) is 37.3 Å². The molecule has 0 saturated carbocycles. The van der Waals surface area contributed by atoms with Crippen molar-refractivity contribution in [1.29, 1.82) is 0 Å². The highest BCUT2D eigenvalue weighted by molar-refractivity contribution is 9.13. The van der Waals surface area contributed by atoms with Crippen LogP contribution in [0.1, 0.15) is 12.0 Å². The van der Waals surface area contributed by atoms with Gasteiger partial charge in [-0.3, -0.25) is 4.79 Å². The number of carbonyl (C=O) groups is 1. The number of halogens is 2. The molecule has 0 unspecified atom stereocenters. The summed E-state index contributed by atoms with van der Waals surface area (Å²) in [5.41, 5.74) is 1.01. The maximum atomic E-state index is 10.3. The second kappa shape index (κ2) is 4.77. The lowest BCUT2D eigenvalue weighted by Gasteiger charge is -2.03. The van der Waals surface area contributed by atoms with E-state index < -0.39 is 5.97 Å². The molecule has 1 aromatic carbocycles. The second-order valence-electron chi connectivity index (χ2n) is 2.61. The molecule has 70 valence electrons. The summed E-state index contributed by atoms with van der Waals surface area (Å²) >= 11 is 6.75. The van der Waals surface area contributed by atoms with Crippen molar-refractivity contribution in [2.24, 2.45) is 0 Å². The predicted octanol–water partition coefficient (Wildman–Crippen LogP) is 3.23. The zero-order chi connectivity index (χ0) is 9.84. The van der Waals surface area contributed by atoms with Gasteiger partial charge in [0.15, 0.2) is 0 Å². The molecule has 13 heavy (non-hydrogen) atoms. The third-order valence-corrected chi connectivity index (χ3v) is 3.77. The molecule has 0 heterocycles. The molecule has 2 nitrogen and oxygen atoms in total. The predicted molar refractivity (Wildman–Crippen MR) is 57.8 cm³/mol. The third kappa shape index (κ3) is 3.12. The molecule has 0 atom stereocenters. The van der Waals surface area contributed by atoms with Crippen LogP contribution in [0.3, 0.4) is 0 Å². The molecule has 0 saturated heterocycles. The molecule has 1 aromatic rings. The highest BCUT2D eigenvalue weighted by Gasteiger charge is 2.05. The second-order valence-corrected chi connectivity index (χ2v) is 4.25. The number of aryl methyl sites for hydroxylation is 1. The number of rotatable bonds is 3. The molecule has 0 spiro atoms. The van der Waals surface area contributed by atoms with Crippen molar-refractivity contribution in [2.45, 2.75) is 12.8 Å². The molecular formula is C9H8Br2O2. The number of hydrogen-bond acceptors (Lipinski definition) is 1. The van der Waals surface area contributed by atoms with Gasteiger partial charge in [-0.1, -0.05) is 12.1 Å². The van der Waals surface area contributed by atoms with Crippen molar-refractivity contribution in [3.05, 3.63) is 32.7 Å². The van der Waals surface area contributed by atoms with Gasteiger partial charge >= 0.3 is 5.97 Å². The number of benzene rings is 1. The van der Waals surface area contributed by atoms with Crippen LogP contribution in [0.2, 0.25) is 0 Å². The lowest BCUT2D eigenvalue weighted by atomic mass is 10.1. The summed E-state index contributed by atoms with van der Waals surface area (Å²) in [5, 5.41) is 8.51. The standard InChI is InChI=1S/C9H8Br2O2/c10-7-3-1-2-6(9(7)11)4-5-8(12)13/h1-3H,4-5H2,(H,12,13). The summed E-state index contributed by atoms with van der Waals surface area (Å²) in [6, 6.07) is 5.72. The van der Waals surface area contributed by atoms with Gasteiger partial charge in [-0.15, -0.1) is 0 Å². The average molecular weight is 308 g/mol. The Kier molecular flexibility index (Phi) is 3.93. The Morgan fingerprint density at radius 3 is 2.69 bits per heavy atom. The van der Waals surface area contributed by atoms with Gasteiger partial charge in [-0.2, -0.15) is 0 Å². The van der Waals surface area contributed by atoms with Crippen molar-refractivity contribution in [2.75, 3.05) is 0 Å². The molecule has 0 fully saturated rings. The fourth-order valence-corrected chi connectivity index (χ4v) is 1.85. The highest BCUT2D eigenvalue weighted by Crippen LogP contribution is 2.27. The monoisotopic (exact) mass is 306 g/mol. The quantitative estimate of drug-likeness (QED) is 0.931. The lowest BCUT2D eigenvalue weighted by Crippen LogP contribution is -1.98. The number of hydrogen-bond donors (Lipinski definition) is 1. The molecule has 0 amide bonds. The molecule has 0 aliphatic carbocycles. The lowest BCUT2D eigenvalue weighted by molar-refractivity contribution is -0.136. The summed E-state index contributed by atoms with van der Waals surface area (Å²) in [6.07, 6.45) is 0.713. The minimum Gasteiger partial charge on any atom is -0.481 e. The highest BCUT2D eigenvalue weighted by atomic mass is 79.9. The van der Waals surface area contributed by atoms with Crippen LogP contribution in [0.4, 0.5) is 0 Å². The largest absolute Gasteiger partial charge is 0.481 e. The van der Waals surface area contributed by atoms with Gasteiger partial charge in [-0.25, -0.2) is 0 Å². The first-order valence-corrected chi connectivity index (χ1v) is 5.34. The summed E-state index contributed by atoms with van der Waals surface area (Å²) < 4.78 is 1.90. The van der Waals surface area contributed by atoms with E-state index in [0.29, 0.717) is 6.42 Å². The summed E-state index contributed by atoms with van der Waals surface area (Å²) in [7, 11) is 0. The molecule has 0 aromatic heterocycles. The summed E-state index contributed by atoms with van der Waals surface area (Å²) in [4.78, 5) is 10.3.